The standard InChI is InChI=1S/C18H20FN3O2/c1-14-6-7-22(17(23)12-14)13-18(24)21-10-8-20(9-11-21)16-5-3-2-4-15(16)19/h2-7,12H,8-11,13H2,1H3. The number of aromatic nitrogens is 1. The molecule has 5 nitrogen and oxygen atoms in total. The fourth-order valence-corrected chi connectivity index (χ4v) is 2.89. The Bertz CT molecular complexity index is 795. The van der Waals surface area contributed by atoms with Gasteiger partial charge in [-0.15, -0.1) is 0 Å². The molecule has 1 aliphatic heterocycles. The van der Waals surface area contributed by atoms with Crippen molar-refractivity contribution in [3.63, 3.8) is 0 Å². The molecule has 0 atom stereocenters. The fourth-order valence-electron chi connectivity index (χ4n) is 2.89. The van der Waals surface area contributed by atoms with E-state index in [1.807, 2.05) is 17.9 Å². The third-order valence-electron chi connectivity index (χ3n) is 4.28. The molecule has 3 rings (SSSR count). The normalized spacial score (nSPS) is 14.8. The van der Waals surface area contributed by atoms with Crippen molar-refractivity contribution in [2.45, 2.75) is 13.5 Å². The lowest BCUT2D eigenvalue weighted by Crippen LogP contribution is -2.50. The number of halogens is 1. The van der Waals surface area contributed by atoms with E-state index in [2.05, 4.69) is 0 Å². The molecule has 0 spiro atoms. The molecule has 0 unspecified atom stereocenters. The van der Waals surface area contributed by atoms with Gasteiger partial charge in [0.05, 0.1) is 5.69 Å². The third kappa shape index (κ3) is 3.48. The van der Waals surface area contributed by atoms with Crippen LogP contribution in [0.15, 0.2) is 47.4 Å². The average Bonchev–Trinajstić information content (AvgIpc) is 2.58. The van der Waals surface area contributed by atoms with E-state index in [1.54, 1.807) is 29.3 Å². The molecule has 126 valence electrons. The van der Waals surface area contributed by atoms with Gasteiger partial charge in [0.25, 0.3) is 5.56 Å². The smallest absolute Gasteiger partial charge is 0.251 e. The van der Waals surface area contributed by atoms with E-state index in [4.69, 9.17) is 0 Å². The molecule has 2 heterocycles. The Labute approximate surface area is 139 Å². The summed E-state index contributed by atoms with van der Waals surface area (Å²) in [6, 6.07) is 9.99. The maximum absolute atomic E-state index is 13.8. The zero-order valence-corrected chi connectivity index (χ0v) is 13.6. The Hall–Kier alpha value is -2.63. The molecule has 0 saturated carbocycles. The molecule has 6 heteroatoms. The van der Waals surface area contributed by atoms with Crippen LogP contribution < -0.4 is 10.5 Å². The number of amides is 1. The van der Waals surface area contributed by atoms with Gasteiger partial charge in [-0.25, -0.2) is 4.39 Å². The molecule has 1 amide bonds. The molecule has 1 aliphatic rings. The zero-order chi connectivity index (χ0) is 17.1. The first kappa shape index (κ1) is 16.2. The predicted octanol–water partition coefficient (Wildman–Crippen LogP) is 1.64. The largest absolute Gasteiger partial charge is 0.366 e. The quantitative estimate of drug-likeness (QED) is 0.860. The summed E-state index contributed by atoms with van der Waals surface area (Å²) in [6.45, 7) is 4.08. The van der Waals surface area contributed by atoms with Gasteiger partial charge in [0, 0.05) is 38.4 Å². The number of anilines is 1. The minimum Gasteiger partial charge on any atom is -0.366 e. The summed E-state index contributed by atoms with van der Waals surface area (Å²) in [4.78, 5) is 27.9. The van der Waals surface area contributed by atoms with Gasteiger partial charge in [-0.2, -0.15) is 0 Å². The van der Waals surface area contributed by atoms with Crippen LogP contribution in [0, 0.1) is 12.7 Å². The highest BCUT2D eigenvalue weighted by molar-refractivity contribution is 5.76. The van der Waals surface area contributed by atoms with E-state index < -0.39 is 0 Å². The second-order valence-corrected chi connectivity index (χ2v) is 5.99. The Kier molecular flexibility index (Phi) is 4.64. The van der Waals surface area contributed by atoms with Crippen LogP contribution in [-0.2, 0) is 11.3 Å². The molecule has 24 heavy (non-hydrogen) atoms. The van der Waals surface area contributed by atoms with Gasteiger partial charge in [-0.05, 0) is 30.7 Å². The lowest BCUT2D eigenvalue weighted by Gasteiger charge is -2.36. The Balaban J connectivity index is 1.61. The summed E-state index contributed by atoms with van der Waals surface area (Å²) in [7, 11) is 0. The second-order valence-electron chi connectivity index (χ2n) is 5.99. The number of aryl methyl sites for hydroxylation is 1. The van der Waals surface area contributed by atoms with Crippen LogP contribution >= 0.6 is 0 Å². The van der Waals surface area contributed by atoms with Gasteiger partial charge < -0.3 is 14.4 Å². The van der Waals surface area contributed by atoms with Crippen LogP contribution in [0.5, 0.6) is 0 Å². The van der Waals surface area contributed by atoms with Crippen molar-refractivity contribution < 1.29 is 9.18 Å². The SMILES string of the molecule is Cc1ccn(CC(=O)N2CCN(c3ccccc3F)CC2)c(=O)c1. The van der Waals surface area contributed by atoms with Gasteiger partial charge in [0.2, 0.25) is 5.91 Å². The molecule has 0 N–H and O–H groups in total. The average molecular weight is 329 g/mol. The van der Waals surface area contributed by atoms with Crippen LogP contribution in [0.25, 0.3) is 0 Å². The van der Waals surface area contributed by atoms with Crippen LogP contribution in [-0.4, -0.2) is 41.6 Å². The summed E-state index contributed by atoms with van der Waals surface area (Å²) >= 11 is 0. The van der Waals surface area contributed by atoms with Crippen molar-refractivity contribution >= 4 is 11.6 Å². The Morgan fingerprint density at radius 1 is 1.12 bits per heavy atom. The van der Waals surface area contributed by atoms with E-state index in [1.165, 1.54) is 16.7 Å². The van der Waals surface area contributed by atoms with Gasteiger partial charge >= 0.3 is 0 Å². The molecule has 1 saturated heterocycles. The summed E-state index contributed by atoms with van der Waals surface area (Å²) in [5, 5.41) is 0. The number of para-hydroxylation sites is 1. The number of pyridine rings is 1. The van der Waals surface area contributed by atoms with Crippen LogP contribution in [0.1, 0.15) is 5.56 Å². The van der Waals surface area contributed by atoms with Crippen LogP contribution in [0.3, 0.4) is 0 Å². The fraction of sp³-hybridized carbons (Fsp3) is 0.333. The number of carbonyl (C=O) groups is 1. The summed E-state index contributed by atoms with van der Waals surface area (Å²) in [5.74, 6) is -0.336. The zero-order valence-electron chi connectivity index (χ0n) is 13.6. The van der Waals surface area contributed by atoms with Crippen molar-refractivity contribution in [1.82, 2.24) is 9.47 Å². The second kappa shape index (κ2) is 6.86. The molecule has 0 radical (unpaired) electrons. The number of rotatable bonds is 3. The Morgan fingerprint density at radius 3 is 2.50 bits per heavy atom. The number of benzene rings is 1. The van der Waals surface area contributed by atoms with Gasteiger partial charge in [0.1, 0.15) is 12.4 Å². The number of hydrogen-bond donors (Lipinski definition) is 0. The molecule has 1 aromatic carbocycles. The lowest BCUT2D eigenvalue weighted by molar-refractivity contribution is -0.132. The number of hydrogen-bond acceptors (Lipinski definition) is 3. The molecule has 2 aromatic rings. The maximum atomic E-state index is 13.8. The summed E-state index contributed by atoms with van der Waals surface area (Å²) < 4.78 is 15.2. The van der Waals surface area contributed by atoms with E-state index >= 15 is 0 Å². The van der Waals surface area contributed by atoms with Gasteiger partial charge in [-0.1, -0.05) is 12.1 Å². The molecule has 0 bridgehead atoms. The van der Waals surface area contributed by atoms with Crippen LogP contribution in [0.2, 0.25) is 0 Å². The van der Waals surface area contributed by atoms with Crippen molar-refractivity contribution in [3.05, 3.63) is 64.3 Å². The van der Waals surface area contributed by atoms with Crippen LogP contribution in [0.4, 0.5) is 10.1 Å². The first-order valence-corrected chi connectivity index (χ1v) is 7.99. The van der Waals surface area contributed by atoms with Crippen molar-refractivity contribution in [1.29, 1.82) is 0 Å². The van der Waals surface area contributed by atoms with E-state index in [0.717, 1.165) is 5.56 Å². The first-order valence-electron chi connectivity index (χ1n) is 7.99. The van der Waals surface area contributed by atoms with E-state index in [9.17, 15) is 14.0 Å². The predicted molar refractivity (Wildman–Crippen MR) is 90.6 cm³/mol. The molecule has 1 fully saturated rings. The summed E-state index contributed by atoms with van der Waals surface area (Å²) in [6.07, 6.45) is 1.64. The minimum absolute atomic E-state index is 0.0405. The monoisotopic (exact) mass is 329 g/mol. The topological polar surface area (TPSA) is 45.6 Å². The summed E-state index contributed by atoms with van der Waals surface area (Å²) in [5.41, 5.74) is 1.27. The maximum Gasteiger partial charge on any atom is 0.251 e. The van der Waals surface area contributed by atoms with Gasteiger partial charge in [-0.3, -0.25) is 9.59 Å². The highest BCUT2D eigenvalue weighted by Crippen LogP contribution is 2.20. The van der Waals surface area contributed by atoms with Gasteiger partial charge in [0.15, 0.2) is 0 Å². The van der Waals surface area contributed by atoms with Crippen molar-refractivity contribution in [3.8, 4) is 0 Å². The van der Waals surface area contributed by atoms with Crippen molar-refractivity contribution in [2.75, 3.05) is 31.1 Å². The lowest BCUT2D eigenvalue weighted by atomic mass is 10.2. The first-order chi connectivity index (χ1) is 11.5. The third-order valence-corrected chi connectivity index (χ3v) is 4.28. The number of piperazine rings is 1. The number of carbonyl (C=O) groups excluding carboxylic acids is 1. The Morgan fingerprint density at radius 2 is 1.83 bits per heavy atom. The van der Waals surface area contributed by atoms with E-state index in [0.29, 0.717) is 31.9 Å². The highest BCUT2D eigenvalue weighted by atomic mass is 19.1. The van der Waals surface area contributed by atoms with Crippen molar-refractivity contribution in [2.24, 2.45) is 0 Å². The highest BCUT2D eigenvalue weighted by Gasteiger charge is 2.22. The molecular weight excluding hydrogens is 309 g/mol. The molecule has 1 aromatic heterocycles. The van der Waals surface area contributed by atoms with E-state index in [-0.39, 0.29) is 23.8 Å². The molecular formula is C18H20FN3O2. The number of nitrogens with zero attached hydrogens (tertiary/aromatic N) is 3. The minimum atomic E-state index is -0.247. The molecule has 0 aliphatic carbocycles.